The molecule has 2 heterocycles. The summed E-state index contributed by atoms with van der Waals surface area (Å²) < 4.78 is 2.43. The molecule has 1 saturated heterocycles. The molecule has 1 aliphatic heterocycles. The van der Waals surface area contributed by atoms with Crippen LogP contribution in [0.4, 0.5) is 0 Å². The predicted octanol–water partition coefficient (Wildman–Crippen LogP) is 4.63. The summed E-state index contributed by atoms with van der Waals surface area (Å²) >= 11 is 0. The molecule has 0 amide bonds. The van der Waals surface area contributed by atoms with Gasteiger partial charge in [-0.05, 0) is 50.6 Å². The number of para-hydroxylation sites is 2. The van der Waals surface area contributed by atoms with Gasteiger partial charge in [0.2, 0.25) is 0 Å². The van der Waals surface area contributed by atoms with Gasteiger partial charge in [0.15, 0.2) is 0 Å². The lowest BCUT2D eigenvalue weighted by Gasteiger charge is -2.27. The second kappa shape index (κ2) is 6.78. The zero-order valence-corrected chi connectivity index (χ0v) is 14.4. The van der Waals surface area contributed by atoms with E-state index in [9.17, 15) is 0 Å². The van der Waals surface area contributed by atoms with Crippen molar-refractivity contribution in [2.45, 2.75) is 38.8 Å². The Hall–Kier alpha value is -2.13. The minimum Gasteiger partial charge on any atom is -0.320 e. The SMILES string of the molecule is CC(c1ccccc1)n1c(CN2CCCCC2)nc2ccccc21. The fourth-order valence-electron chi connectivity index (χ4n) is 3.84. The fourth-order valence-corrected chi connectivity index (χ4v) is 3.84. The number of nitrogens with zero attached hydrogens (tertiary/aromatic N) is 3. The highest BCUT2D eigenvalue weighted by Crippen LogP contribution is 2.27. The van der Waals surface area contributed by atoms with Crippen molar-refractivity contribution >= 4 is 11.0 Å². The van der Waals surface area contributed by atoms with Crippen molar-refractivity contribution in [2.24, 2.45) is 0 Å². The van der Waals surface area contributed by atoms with Gasteiger partial charge in [-0.1, -0.05) is 48.9 Å². The van der Waals surface area contributed by atoms with Crippen LogP contribution < -0.4 is 0 Å². The zero-order chi connectivity index (χ0) is 16.4. The first kappa shape index (κ1) is 15.4. The van der Waals surface area contributed by atoms with Gasteiger partial charge < -0.3 is 4.57 Å². The number of fused-ring (bicyclic) bond motifs is 1. The Labute approximate surface area is 143 Å². The van der Waals surface area contributed by atoms with Crippen LogP contribution in [0.15, 0.2) is 54.6 Å². The molecule has 124 valence electrons. The van der Waals surface area contributed by atoms with Gasteiger partial charge in [-0.25, -0.2) is 4.98 Å². The second-order valence-corrected chi connectivity index (χ2v) is 6.81. The highest BCUT2D eigenvalue weighted by Gasteiger charge is 2.20. The Balaban J connectivity index is 1.75. The van der Waals surface area contributed by atoms with E-state index in [1.807, 2.05) is 0 Å². The molecule has 24 heavy (non-hydrogen) atoms. The third-order valence-corrected chi connectivity index (χ3v) is 5.15. The fraction of sp³-hybridized carbons (Fsp3) is 0.381. The number of benzene rings is 2. The van der Waals surface area contributed by atoms with Crippen LogP contribution in [-0.4, -0.2) is 27.5 Å². The molecule has 0 spiro atoms. The first-order chi connectivity index (χ1) is 11.8. The first-order valence-corrected chi connectivity index (χ1v) is 9.06. The third kappa shape index (κ3) is 2.96. The van der Waals surface area contributed by atoms with Gasteiger partial charge in [0.1, 0.15) is 5.82 Å². The summed E-state index contributed by atoms with van der Waals surface area (Å²) in [5, 5.41) is 0. The van der Waals surface area contributed by atoms with E-state index in [2.05, 4.69) is 71.0 Å². The molecule has 1 fully saturated rings. The number of aromatic nitrogens is 2. The van der Waals surface area contributed by atoms with Crippen LogP contribution in [0.5, 0.6) is 0 Å². The van der Waals surface area contributed by atoms with Gasteiger partial charge in [-0.3, -0.25) is 4.90 Å². The summed E-state index contributed by atoms with van der Waals surface area (Å²) in [4.78, 5) is 7.53. The predicted molar refractivity (Wildman–Crippen MR) is 99.1 cm³/mol. The Morgan fingerprint density at radius 2 is 1.62 bits per heavy atom. The monoisotopic (exact) mass is 319 g/mol. The van der Waals surface area contributed by atoms with Crippen molar-refractivity contribution in [3.05, 3.63) is 66.0 Å². The topological polar surface area (TPSA) is 21.1 Å². The van der Waals surface area contributed by atoms with E-state index in [1.165, 1.54) is 49.3 Å². The molecule has 0 N–H and O–H groups in total. The molecule has 0 bridgehead atoms. The maximum absolute atomic E-state index is 4.97. The molecule has 3 heteroatoms. The highest BCUT2D eigenvalue weighted by molar-refractivity contribution is 5.76. The Morgan fingerprint density at radius 1 is 0.917 bits per heavy atom. The van der Waals surface area contributed by atoms with Crippen molar-refractivity contribution in [2.75, 3.05) is 13.1 Å². The Kier molecular flexibility index (Phi) is 4.35. The second-order valence-electron chi connectivity index (χ2n) is 6.81. The first-order valence-electron chi connectivity index (χ1n) is 9.06. The van der Waals surface area contributed by atoms with E-state index in [1.54, 1.807) is 0 Å². The lowest BCUT2D eigenvalue weighted by molar-refractivity contribution is 0.213. The minimum absolute atomic E-state index is 0.290. The number of imidazole rings is 1. The molecule has 1 aliphatic rings. The van der Waals surface area contributed by atoms with Gasteiger partial charge in [-0.2, -0.15) is 0 Å². The largest absolute Gasteiger partial charge is 0.320 e. The molecule has 1 unspecified atom stereocenters. The maximum atomic E-state index is 4.97. The van der Waals surface area contributed by atoms with E-state index >= 15 is 0 Å². The average molecular weight is 319 g/mol. The van der Waals surface area contributed by atoms with Crippen molar-refractivity contribution < 1.29 is 0 Å². The van der Waals surface area contributed by atoms with E-state index in [0.29, 0.717) is 6.04 Å². The molecule has 2 aromatic carbocycles. The van der Waals surface area contributed by atoms with Crippen LogP contribution >= 0.6 is 0 Å². The maximum Gasteiger partial charge on any atom is 0.124 e. The molecular formula is C21H25N3. The van der Waals surface area contributed by atoms with Gasteiger partial charge in [0, 0.05) is 0 Å². The molecule has 0 saturated carbocycles. The number of piperidine rings is 1. The molecule has 4 rings (SSSR count). The van der Waals surface area contributed by atoms with Gasteiger partial charge in [-0.15, -0.1) is 0 Å². The van der Waals surface area contributed by atoms with Crippen LogP contribution in [-0.2, 0) is 6.54 Å². The van der Waals surface area contributed by atoms with E-state index < -0.39 is 0 Å². The van der Waals surface area contributed by atoms with Crippen LogP contribution in [0.1, 0.15) is 43.6 Å². The van der Waals surface area contributed by atoms with Crippen molar-refractivity contribution in [1.29, 1.82) is 0 Å². The van der Waals surface area contributed by atoms with Crippen LogP contribution in [0, 0.1) is 0 Å². The van der Waals surface area contributed by atoms with Crippen LogP contribution in [0.25, 0.3) is 11.0 Å². The lowest BCUT2D eigenvalue weighted by Crippen LogP contribution is -2.30. The molecule has 1 atom stereocenters. The van der Waals surface area contributed by atoms with Crippen LogP contribution in [0.2, 0.25) is 0 Å². The van der Waals surface area contributed by atoms with Gasteiger partial charge in [0.25, 0.3) is 0 Å². The third-order valence-electron chi connectivity index (χ3n) is 5.15. The number of rotatable bonds is 4. The molecule has 1 aromatic heterocycles. The number of likely N-dealkylation sites (tertiary alicyclic amines) is 1. The Morgan fingerprint density at radius 3 is 2.42 bits per heavy atom. The molecule has 3 nitrogen and oxygen atoms in total. The smallest absolute Gasteiger partial charge is 0.124 e. The van der Waals surface area contributed by atoms with Crippen LogP contribution in [0.3, 0.4) is 0 Å². The summed E-state index contributed by atoms with van der Waals surface area (Å²) in [6.45, 7) is 5.63. The van der Waals surface area contributed by atoms with Crippen molar-refractivity contribution in [3.63, 3.8) is 0 Å². The summed E-state index contributed by atoms with van der Waals surface area (Å²) in [5.41, 5.74) is 3.67. The molecular weight excluding hydrogens is 294 g/mol. The summed E-state index contributed by atoms with van der Waals surface area (Å²) in [6.07, 6.45) is 4.00. The molecule has 3 aromatic rings. The van der Waals surface area contributed by atoms with E-state index in [-0.39, 0.29) is 0 Å². The van der Waals surface area contributed by atoms with Gasteiger partial charge >= 0.3 is 0 Å². The number of hydrogen-bond acceptors (Lipinski definition) is 2. The summed E-state index contributed by atoms with van der Waals surface area (Å²) in [7, 11) is 0. The van der Waals surface area contributed by atoms with Gasteiger partial charge in [0.05, 0.1) is 23.6 Å². The zero-order valence-electron chi connectivity index (χ0n) is 14.4. The van der Waals surface area contributed by atoms with E-state index in [4.69, 9.17) is 4.98 Å². The number of hydrogen-bond donors (Lipinski definition) is 0. The average Bonchev–Trinajstić information content (AvgIpc) is 3.00. The minimum atomic E-state index is 0.290. The normalized spacial score (nSPS) is 17.2. The molecule has 0 radical (unpaired) electrons. The standard InChI is InChI=1S/C21H25N3/c1-17(18-10-4-2-5-11-18)24-20-13-7-6-12-19(20)22-21(24)16-23-14-8-3-9-15-23/h2,4-7,10-13,17H,3,8-9,14-16H2,1H3. The summed E-state index contributed by atoms with van der Waals surface area (Å²) in [5.74, 6) is 1.19. The summed E-state index contributed by atoms with van der Waals surface area (Å²) in [6, 6.07) is 19.6. The van der Waals surface area contributed by atoms with Crippen molar-refractivity contribution in [1.82, 2.24) is 14.5 Å². The quantitative estimate of drug-likeness (QED) is 0.699. The highest BCUT2D eigenvalue weighted by atomic mass is 15.2. The van der Waals surface area contributed by atoms with E-state index in [0.717, 1.165) is 12.1 Å². The molecule has 0 aliphatic carbocycles. The van der Waals surface area contributed by atoms with Crippen molar-refractivity contribution in [3.8, 4) is 0 Å². The lowest BCUT2D eigenvalue weighted by atomic mass is 10.1. The Bertz CT molecular complexity index is 800.